The molecule has 0 heterocycles. The van der Waals surface area contributed by atoms with Crippen LogP contribution in [0.2, 0.25) is 0 Å². The molecule has 4 N–H and O–H groups in total. The summed E-state index contributed by atoms with van der Waals surface area (Å²) in [6, 6.07) is 6.00. The molecule has 0 aliphatic heterocycles. The molecule has 1 aromatic rings. The van der Waals surface area contributed by atoms with E-state index < -0.39 is 17.1 Å². The van der Waals surface area contributed by atoms with Crippen LogP contribution in [0.3, 0.4) is 0 Å². The van der Waals surface area contributed by atoms with Crippen LogP contribution >= 0.6 is 0 Å². The third kappa shape index (κ3) is 7.00. The van der Waals surface area contributed by atoms with Gasteiger partial charge in [-0.3, -0.25) is 0 Å². The van der Waals surface area contributed by atoms with Crippen molar-refractivity contribution in [3.8, 4) is 5.75 Å². The fraction of sp³-hybridized carbons (Fsp3) is 0.500. The van der Waals surface area contributed by atoms with E-state index in [4.69, 9.17) is 16.2 Å². The number of nitrogens with two attached hydrogens (primary N) is 2. The number of unbranched alkanes of at least 4 members (excludes halogenated alkanes) is 1. The van der Waals surface area contributed by atoms with E-state index in [0.717, 1.165) is 18.4 Å². The highest BCUT2D eigenvalue weighted by Gasteiger charge is 2.15. The lowest BCUT2D eigenvalue weighted by Gasteiger charge is -2.11. The zero-order valence-electron chi connectivity index (χ0n) is 12.3. The molecule has 0 amide bonds. The summed E-state index contributed by atoms with van der Waals surface area (Å²) in [6.07, 6.45) is 2.53. The third-order valence-electron chi connectivity index (χ3n) is 3.00. The Morgan fingerprint density at radius 1 is 1.27 bits per heavy atom. The van der Waals surface area contributed by atoms with Crippen molar-refractivity contribution in [2.24, 2.45) is 11.5 Å². The van der Waals surface area contributed by atoms with Gasteiger partial charge in [0.15, 0.2) is 0 Å². The minimum absolute atomic E-state index is 0.0157. The molecular formula is C14H21N3O5. The van der Waals surface area contributed by atoms with E-state index in [0.29, 0.717) is 25.1 Å². The summed E-state index contributed by atoms with van der Waals surface area (Å²) in [6.45, 7) is 0.557. The smallest absolute Gasteiger partial charge is 0.328 e. The summed E-state index contributed by atoms with van der Waals surface area (Å²) in [5.74, 6) is -0.0975. The Kier molecular flexibility index (Phi) is 7.87. The lowest BCUT2D eigenvalue weighted by atomic mass is 10.1. The Hall–Kier alpha value is -2.19. The summed E-state index contributed by atoms with van der Waals surface area (Å²) < 4.78 is 5.17. The van der Waals surface area contributed by atoms with Crippen molar-refractivity contribution in [3.63, 3.8) is 0 Å². The van der Waals surface area contributed by atoms with Gasteiger partial charge >= 0.3 is 5.97 Å². The summed E-state index contributed by atoms with van der Waals surface area (Å²) in [4.78, 5) is 26.0. The quantitative estimate of drug-likeness (QED) is 0.215. The lowest BCUT2D eigenvalue weighted by Crippen LogP contribution is -2.34. The summed E-state index contributed by atoms with van der Waals surface area (Å²) in [5, 5.41) is 9.20. The zero-order chi connectivity index (χ0) is 16.4. The second kappa shape index (κ2) is 9.69. The van der Waals surface area contributed by atoms with Crippen molar-refractivity contribution in [2.45, 2.75) is 31.7 Å². The molecule has 0 radical (unpaired) electrons. The van der Waals surface area contributed by atoms with E-state index in [1.54, 1.807) is 24.3 Å². The highest BCUT2D eigenvalue weighted by Crippen LogP contribution is 2.14. The number of benzene rings is 1. The van der Waals surface area contributed by atoms with Crippen LogP contribution in [0, 0.1) is 10.1 Å². The van der Waals surface area contributed by atoms with Gasteiger partial charge in [0.25, 0.3) is 5.09 Å². The highest BCUT2D eigenvalue weighted by atomic mass is 16.9. The molecule has 0 aliphatic carbocycles. The maximum absolute atomic E-state index is 11.8. The summed E-state index contributed by atoms with van der Waals surface area (Å²) in [5.41, 5.74) is 12.0. The number of nitrogens with zero attached hydrogens (tertiary/aromatic N) is 1. The Bertz CT molecular complexity index is 478. The van der Waals surface area contributed by atoms with Crippen LogP contribution in [-0.4, -0.2) is 30.2 Å². The second-order valence-corrected chi connectivity index (χ2v) is 4.76. The molecule has 0 spiro atoms. The van der Waals surface area contributed by atoms with Crippen LogP contribution in [0.4, 0.5) is 0 Å². The topological polar surface area (TPSA) is 131 Å². The first-order valence-corrected chi connectivity index (χ1v) is 7.06. The molecular weight excluding hydrogens is 290 g/mol. The number of hydrogen-bond donors (Lipinski definition) is 2. The van der Waals surface area contributed by atoms with Crippen molar-refractivity contribution < 1.29 is 19.5 Å². The molecule has 0 aromatic heterocycles. The Morgan fingerprint density at radius 3 is 2.55 bits per heavy atom. The van der Waals surface area contributed by atoms with E-state index in [2.05, 4.69) is 4.84 Å². The second-order valence-electron chi connectivity index (χ2n) is 4.76. The predicted octanol–water partition coefficient (Wildman–Crippen LogP) is 0.799. The van der Waals surface area contributed by atoms with E-state index in [1.807, 2.05) is 0 Å². The molecule has 1 aromatic carbocycles. The van der Waals surface area contributed by atoms with Gasteiger partial charge < -0.3 is 21.0 Å². The van der Waals surface area contributed by atoms with Crippen LogP contribution in [0.1, 0.15) is 24.8 Å². The van der Waals surface area contributed by atoms with Gasteiger partial charge in [0.1, 0.15) is 18.4 Å². The number of carbonyl (C=O) groups is 1. The van der Waals surface area contributed by atoms with Gasteiger partial charge in [-0.05, 0) is 43.5 Å². The van der Waals surface area contributed by atoms with Crippen molar-refractivity contribution in [1.82, 2.24) is 0 Å². The Labute approximate surface area is 128 Å². The number of carbonyl (C=O) groups excluding carboxylic acids is 1. The molecule has 0 saturated heterocycles. The third-order valence-corrected chi connectivity index (χ3v) is 3.00. The number of esters is 1. The van der Waals surface area contributed by atoms with Gasteiger partial charge in [0.05, 0.1) is 0 Å². The molecule has 1 unspecified atom stereocenters. The van der Waals surface area contributed by atoms with Gasteiger partial charge in [0.2, 0.25) is 0 Å². The molecule has 8 nitrogen and oxygen atoms in total. The van der Waals surface area contributed by atoms with E-state index in [1.165, 1.54) is 0 Å². The van der Waals surface area contributed by atoms with Crippen LogP contribution < -0.4 is 16.2 Å². The van der Waals surface area contributed by atoms with Gasteiger partial charge in [-0.25, -0.2) is 4.79 Å². The molecule has 0 bridgehead atoms. The molecule has 0 fully saturated rings. The average molecular weight is 311 g/mol. The van der Waals surface area contributed by atoms with Crippen molar-refractivity contribution >= 4 is 5.97 Å². The maximum Gasteiger partial charge on any atom is 0.328 e. The standard InChI is InChI=1S/C14H21N3O5/c15-9-2-1-3-13(16)14(18)22-12-6-4-11(5-7-12)8-10-21-17(19)20/h4-7,13H,1-3,8-10,15-16H2. The van der Waals surface area contributed by atoms with Crippen LogP contribution in [0.5, 0.6) is 5.75 Å². The first kappa shape index (κ1) is 17.9. The first-order chi connectivity index (χ1) is 10.5. The molecule has 0 aliphatic rings. The molecule has 1 rings (SSSR count). The predicted molar refractivity (Wildman–Crippen MR) is 79.6 cm³/mol. The number of ether oxygens (including phenoxy) is 1. The zero-order valence-corrected chi connectivity index (χ0v) is 12.3. The Morgan fingerprint density at radius 2 is 1.95 bits per heavy atom. The van der Waals surface area contributed by atoms with Gasteiger partial charge in [-0.1, -0.05) is 18.6 Å². The molecule has 1 atom stereocenters. The van der Waals surface area contributed by atoms with Crippen LogP contribution in [0.25, 0.3) is 0 Å². The lowest BCUT2D eigenvalue weighted by molar-refractivity contribution is -0.757. The monoisotopic (exact) mass is 311 g/mol. The molecule has 122 valence electrons. The number of hydrogen-bond acceptors (Lipinski definition) is 7. The SMILES string of the molecule is NCCCCC(N)C(=O)Oc1ccc(CCO[N+](=O)[O-])cc1. The van der Waals surface area contributed by atoms with Crippen LogP contribution in [0.15, 0.2) is 24.3 Å². The van der Waals surface area contributed by atoms with Gasteiger partial charge in [0, 0.05) is 0 Å². The minimum atomic E-state index is -0.831. The average Bonchev–Trinajstić information content (AvgIpc) is 2.48. The highest BCUT2D eigenvalue weighted by molar-refractivity contribution is 5.77. The normalized spacial score (nSPS) is 11.7. The fourth-order valence-electron chi connectivity index (χ4n) is 1.78. The van der Waals surface area contributed by atoms with E-state index >= 15 is 0 Å². The van der Waals surface area contributed by atoms with Crippen molar-refractivity contribution in [3.05, 3.63) is 39.9 Å². The Balaban J connectivity index is 2.39. The fourth-order valence-corrected chi connectivity index (χ4v) is 1.78. The van der Waals surface area contributed by atoms with Crippen molar-refractivity contribution in [2.75, 3.05) is 13.2 Å². The maximum atomic E-state index is 11.8. The summed E-state index contributed by atoms with van der Waals surface area (Å²) in [7, 11) is 0. The van der Waals surface area contributed by atoms with Gasteiger partial charge in [-0.2, -0.15) is 0 Å². The molecule has 8 heteroatoms. The molecule has 0 saturated carbocycles. The van der Waals surface area contributed by atoms with Gasteiger partial charge in [-0.15, -0.1) is 10.1 Å². The molecule has 22 heavy (non-hydrogen) atoms. The summed E-state index contributed by atoms with van der Waals surface area (Å²) >= 11 is 0. The number of rotatable bonds is 10. The minimum Gasteiger partial charge on any atom is -0.425 e. The van der Waals surface area contributed by atoms with Crippen molar-refractivity contribution in [1.29, 1.82) is 0 Å². The van der Waals surface area contributed by atoms with E-state index in [-0.39, 0.29) is 6.61 Å². The van der Waals surface area contributed by atoms with E-state index in [9.17, 15) is 14.9 Å². The first-order valence-electron chi connectivity index (χ1n) is 7.06. The largest absolute Gasteiger partial charge is 0.425 e. The van der Waals surface area contributed by atoms with Crippen LogP contribution in [-0.2, 0) is 16.1 Å².